The van der Waals surface area contributed by atoms with Gasteiger partial charge in [-0.25, -0.2) is 4.98 Å². The fraction of sp³-hybridized carbons (Fsp3) is 0.542. The van der Waals surface area contributed by atoms with Crippen LogP contribution >= 0.6 is 0 Å². The molecule has 0 unspecified atom stereocenters. The van der Waals surface area contributed by atoms with Crippen LogP contribution in [0.1, 0.15) is 52.0 Å². The van der Waals surface area contributed by atoms with Crippen molar-refractivity contribution in [2.24, 2.45) is 0 Å². The molecule has 0 N–H and O–H groups in total. The monoisotopic (exact) mass is 445 g/mol. The summed E-state index contributed by atoms with van der Waals surface area (Å²) in [6.45, 7) is 8.66. The van der Waals surface area contributed by atoms with Crippen LogP contribution in [0.4, 0.5) is 10.2 Å². The van der Waals surface area contributed by atoms with E-state index < -0.39 is 11.4 Å². The van der Waals surface area contributed by atoms with E-state index in [9.17, 15) is 9.18 Å². The molecule has 0 bridgehead atoms. The van der Waals surface area contributed by atoms with Crippen LogP contribution in [-0.4, -0.2) is 54.3 Å². The fourth-order valence-corrected chi connectivity index (χ4v) is 3.60. The second-order valence-electron chi connectivity index (χ2n) is 8.92. The zero-order valence-corrected chi connectivity index (χ0v) is 19.4. The van der Waals surface area contributed by atoms with Crippen LogP contribution in [0.5, 0.6) is 11.6 Å². The highest BCUT2D eigenvalue weighted by Crippen LogP contribution is 2.29. The Morgan fingerprint density at radius 3 is 2.66 bits per heavy atom. The number of nitrogens with zero attached hydrogens (tertiary/aromatic N) is 3. The van der Waals surface area contributed by atoms with Gasteiger partial charge in [-0.05, 0) is 44.4 Å². The highest BCUT2D eigenvalue weighted by molar-refractivity contribution is 5.76. The number of anilines is 1. The SMILES string of the molecule is COC(C)(C)COc1ncnc(N2CC[C@@H](Oc3ccc([C@H](C)CC(C)=O)cc3)C2)c1F. The van der Waals surface area contributed by atoms with Crippen molar-refractivity contribution in [2.45, 2.75) is 58.2 Å². The van der Waals surface area contributed by atoms with E-state index in [1.807, 2.05) is 49.9 Å². The summed E-state index contributed by atoms with van der Waals surface area (Å²) in [5.41, 5.74) is 0.552. The summed E-state index contributed by atoms with van der Waals surface area (Å²) in [4.78, 5) is 21.2. The minimum absolute atomic E-state index is 0.0818. The number of ether oxygens (including phenoxy) is 3. The van der Waals surface area contributed by atoms with Crippen molar-refractivity contribution in [3.8, 4) is 11.6 Å². The van der Waals surface area contributed by atoms with E-state index in [1.54, 1.807) is 14.0 Å². The molecule has 8 heteroatoms. The normalized spacial score (nSPS) is 17.3. The van der Waals surface area contributed by atoms with E-state index in [-0.39, 0.29) is 36.1 Å². The minimum Gasteiger partial charge on any atom is -0.489 e. The van der Waals surface area contributed by atoms with Crippen molar-refractivity contribution in [2.75, 3.05) is 31.7 Å². The highest BCUT2D eigenvalue weighted by Gasteiger charge is 2.29. The van der Waals surface area contributed by atoms with Gasteiger partial charge in [0.15, 0.2) is 5.82 Å². The average Bonchev–Trinajstić information content (AvgIpc) is 3.21. The van der Waals surface area contributed by atoms with Gasteiger partial charge in [-0.2, -0.15) is 9.37 Å². The first-order valence-electron chi connectivity index (χ1n) is 10.9. The molecule has 1 aliphatic heterocycles. The van der Waals surface area contributed by atoms with Crippen LogP contribution in [0.15, 0.2) is 30.6 Å². The number of Topliss-reactive ketones (excluding diaryl/α,β-unsaturated/α-hetero) is 1. The van der Waals surface area contributed by atoms with Crippen LogP contribution < -0.4 is 14.4 Å². The summed E-state index contributed by atoms with van der Waals surface area (Å²) < 4.78 is 31.9. The number of benzene rings is 1. The van der Waals surface area contributed by atoms with Gasteiger partial charge in [-0.1, -0.05) is 19.1 Å². The first kappa shape index (κ1) is 23.9. The molecule has 0 amide bonds. The molecule has 174 valence electrons. The van der Waals surface area contributed by atoms with Gasteiger partial charge >= 0.3 is 0 Å². The smallest absolute Gasteiger partial charge is 0.255 e. The molecule has 1 fully saturated rings. The number of methoxy groups -OCH3 is 1. The first-order valence-corrected chi connectivity index (χ1v) is 10.9. The Morgan fingerprint density at radius 2 is 2.00 bits per heavy atom. The van der Waals surface area contributed by atoms with Crippen LogP contribution in [-0.2, 0) is 9.53 Å². The summed E-state index contributed by atoms with van der Waals surface area (Å²) in [5, 5.41) is 0. The van der Waals surface area contributed by atoms with E-state index in [1.165, 1.54) is 6.33 Å². The Bertz CT molecular complexity index is 920. The Balaban J connectivity index is 1.60. The number of hydrogen-bond donors (Lipinski definition) is 0. The Kier molecular flexibility index (Phi) is 7.66. The number of ketones is 1. The van der Waals surface area contributed by atoms with Crippen LogP contribution in [0.25, 0.3) is 0 Å². The van der Waals surface area contributed by atoms with Crippen LogP contribution in [0.3, 0.4) is 0 Å². The molecule has 0 saturated carbocycles. The lowest BCUT2D eigenvalue weighted by molar-refractivity contribution is -0.117. The largest absolute Gasteiger partial charge is 0.489 e. The summed E-state index contributed by atoms with van der Waals surface area (Å²) in [6, 6.07) is 7.82. The van der Waals surface area contributed by atoms with Gasteiger partial charge in [-0.15, -0.1) is 0 Å². The predicted molar refractivity (Wildman–Crippen MR) is 120 cm³/mol. The molecule has 1 aliphatic rings. The van der Waals surface area contributed by atoms with Crippen molar-refractivity contribution in [3.63, 3.8) is 0 Å². The first-order chi connectivity index (χ1) is 15.2. The third-order valence-corrected chi connectivity index (χ3v) is 5.64. The van der Waals surface area contributed by atoms with Crippen molar-refractivity contribution in [1.29, 1.82) is 0 Å². The number of carbonyl (C=O) groups excluding carboxylic acids is 1. The lowest BCUT2D eigenvalue weighted by atomic mass is 9.96. The van der Waals surface area contributed by atoms with E-state index in [4.69, 9.17) is 14.2 Å². The summed E-state index contributed by atoms with van der Waals surface area (Å²) in [5.74, 6) is 0.657. The molecule has 2 aromatic rings. The lowest BCUT2D eigenvalue weighted by Crippen LogP contribution is -2.31. The molecule has 2 atom stereocenters. The van der Waals surface area contributed by atoms with Gasteiger partial charge < -0.3 is 23.9 Å². The summed E-state index contributed by atoms with van der Waals surface area (Å²) >= 11 is 0. The maximum atomic E-state index is 15.0. The summed E-state index contributed by atoms with van der Waals surface area (Å²) in [7, 11) is 1.58. The quantitative estimate of drug-likeness (QED) is 0.544. The zero-order valence-electron chi connectivity index (χ0n) is 19.4. The van der Waals surface area contributed by atoms with Gasteiger partial charge in [0.1, 0.15) is 30.6 Å². The van der Waals surface area contributed by atoms with E-state index in [0.717, 1.165) is 17.7 Å². The van der Waals surface area contributed by atoms with Crippen molar-refractivity contribution in [1.82, 2.24) is 9.97 Å². The fourth-order valence-electron chi connectivity index (χ4n) is 3.60. The van der Waals surface area contributed by atoms with Crippen LogP contribution in [0.2, 0.25) is 0 Å². The van der Waals surface area contributed by atoms with Gasteiger partial charge in [0.05, 0.1) is 12.1 Å². The molecule has 3 rings (SSSR count). The second-order valence-corrected chi connectivity index (χ2v) is 8.92. The molecule has 2 heterocycles. The highest BCUT2D eigenvalue weighted by atomic mass is 19.1. The Labute approximate surface area is 188 Å². The Hall–Kier alpha value is -2.74. The molecule has 1 aromatic carbocycles. The standard InChI is InChI=1S/C24H32FN3O4/c1-16(12-17(2)29)18-6-8-19(9-7-18)32-20-10-11-28(13-20)22-21(25)23(27-15-26-22)31-14-24(3,4)30-5/h6-9,15-16,20H,10-14H2,1-5H3/t16-,20-/m1/s1. The summed E-state index contributed by atoms with van der Waals surface area (Å²) in [6.07, 6.45) is 2.50. The van der Waals surface area contributed by atoms with Gasteiger partial charge in [0, 0.05) is 26.5 Å². The number of halogens is 1. The molecule has 7 nitrogen and oxygen atoms in total. The molecule has 0 aliphatic carbocycles. The lowest BCUT2D eigenvalue weighted by Gasteiger charge is -2.23. The van der Waals surface area contributed by atoms with Gasteiger partial charge in [-0.3, -0.25) is 0 Å². The van der Waals surface area contributed by atoms with E-state index in [0.29, 0.717) is 19.5 Å². The van der Waals surface area contributed by atoms with Crippen molar-refractivity contribution < 1.29 is 23.4 Å². The molecule has 0 spiro atoms. The van der Waals surface area contributed by atoms with Crippen molar-refractivity contribution >= 4 is 11.6 Å². The zero-order chi connectivity index (χ0) is 23.3. The maximum absolute atomic E-state index is 15.0. The molecule has 0 radical (unpaired) electrons. The number of carbonyl (C=O) groups is 1. The second kappa shape index (κ2) is 10.3. The van der Waals surface area contributed by atoms with E-state index in [2.05, 4.69) is 9.97 Å². The van der Waals surface area contributed by atoms with Gasteiger partial charge in [0.2, 0.25) is 5.82 Å². The topological polar surface area (TPSA) is 73.8 Å². The maximum Gasteiger partial charge on any atom is 0.255 e. The minimum atomic E-state index is -0.580. The van der Waals surface area contributed by atoms with E-state index >= 15 is 0 Å². The number of aromatic nitrogens is 2. The molecule has 1 saturated heterocycles. The third-order valence-electron chi connectivity index (χ3n) is 5.64. The van der Waals surface area contributed by atoms with Crippen molar-refractivity contribution in [3.05, 3.63) is 42.0 Å². The average molecular weight is 446 g/mol. The third kappa shape index (κ3) is 6.16. The number of rotatable bonds is 10. The molecular formula is C24H32FN3O4. The number of hydrogen-bond acceptors (Lipinski definition) is 7. The molecular weight excluding hydrogens is 413 g/mol. The van der Waals surface area contributed by atoms with Crippen LogP contribution in [0, 0.1) is 5.82 Å². The Morgan fingerprint density at radius 1 is 1.28 bits per heavy atom. The van der Waals surface area contributed by atoms with Gasteiger partial charge in [0.25, 0.3) is 5.88 Å². The molecule has 32 heavy (non-hydrogen) atoms. The molecule has 1 aromatic heterocycles. The predicted octanol–water partition coefficient (Wildman–Crippen LogP) is 4.16.